The summed E-state index contributed by atoms with van der Waals surface area (Å²) in [6.07, 6.45) is 0.00795. The topological polar surface area (TPSA) is 96.6 Å². The predicted octanol–water partition coefficient (Wildman–Crippen LogP) is 5.88. The van der Waals surface area contributed by atoms with E-state index >= 15 is 0 Å². The third kappa shape index (κ3) is 5.50. The maximum atomic E-state index is 12.6. The van der Waals surface area contributed by atoms with Gasteiger partial charge in [-0.05, 0) is 96.6 Å². The first kappa shape index (κ1) is 22.8. The molecule has 0 saturated heterocycles. The number of carbonyl (C=O) groups excluding carboxylic acids is 1. The smallest absolute Gasteiger partial charge is 0.257 e. The van der Waals surface area contributed by atoms with Crippen LogP contribution >= 0.6 is 28.1 Å². The van der Waals surface area contributed by atoms with Gasteiger partial charge in [-0.2, -0.15) is 0 Å². The summed E-state index contributed by atoms with van der Waals surface area (Å²) in [6.45, 7) is 3.84. The minimum atomic E-state index is -0.343. The zero-order chi connectivity index (χ0) is 23.5. The van der Waals surface area contributed by atoms with Crippen LogP contribution in [0.4, 0.5) is 5.69 Å². The van der Waals surface area contributed by atoms with Crippen molar-refractivity contribution in [3.63, 3.8) is 0 Å². The second kappa shape index (κ2) is 9.60. The van der Waals surface area contributed by atoms with E-state index < -0.39 is 0 Å². The molecule has 168 valence electrons. The summed E-state index contributed by atoms with van der Waals surface area (Å²) in [7, 11) is 0. The molecule has 0 aliphatic carbocycles. The zero-order valence-corrected chi connectivity index (χ0v) is 20.2. The zero-order valence-electron chi connectivity index (χ0n) is 17.8. The number of aromatic nitrogens is 1. The summed E-state index contributed by atoms with van der Waals surface area (Å²) in [4.78, 5) is 17.1. The highest BCUT2D eigenvalue weighted by Gasteiger charge is 2.13. The Labute approximate surface area is 203 Å². The number of halogens is 1. The van der Waals surface area contributed by atoms with Crippen LogP contribution in [0.5, 0.6) is 11.5 Å². The Hall–Kier alpha value is -3.43. The first-order valence-electron chi connectivity index (χ1n) is 10.1. The molecule has 33 heavy (non-hydrogen) atoms. The minimum absolute atomic E-state index is 0.00795. The van der Waals surface area contributed by atoms with Gasteiger partial charge in [-0.25, -0.2) is 4.98 Å². The molecule has 0 bridgehead atoms. The van der Waals surface area contributed by atoms with E-state index in [1.807, 2.05) is 13.8 Å². The third-order valence-corrected chi connectivity index (χ3v) is 5.37. The summed E-state index contributed by atoms with van der Waals surface area (Å²) >= 11 is 8.59. The molecule has 0 saturated carbocycles. The van der Waals surface area contributed by atoms with Gasteiger partial charge < -0.3 is 19.6 Å². The highest BCUT2D eigenvalue weighted by Crippen LogP contribution is 2.31. The lowest BCUT2D eigenvalue weighted by atomic mass is 10.2. The van der Waals surface area contributed by atoms with Crippen molar-refractivity contribution in [1.29, 1.82) is 0 Å². The molecule has 0 atom stereocenters. The highest BCUT2D eigenvalue weighted by atomic mass is 79.9. The maximum Gasteiger partial charge on any atom is 0.257 e. The molecule has 0 aliphatic heterocycles. The van der Waals surface area contributed by atoms with Crippen LogP contribution in [0.3, 0.4) is 0 Å². The monoisotopic (exact) mass is 525 g/mol. The van der Waals surface area contributed by atoms with Gasteiger partial charge in [-0.1, -0.05) is 6.07 Å². The van der Waals surface area contributed by atoms with Crippen molar-refractivity contribution in [1.82, 2.24) is 10.3 Å². The second-order valence-electron chi connectivity index (χ2n) is 7.47. The Kier molecular flexibility index (Phi) is 6.62. The number of nitrogens with one attached hydrogen (secondary N) is 2. The van der Waals surface area contributed by atoms with Crippen LogP contribution in [0.15, 0.2) is 69.6 Å². The number of fused-ring (bicyclic) bond motifs is 1. The van der Waals surface area contributed by atoms with Gasteiger partial charge in [0.2, 0.25) is 5.89 Å². The molecular weight excluding hydrogens is 506 g/mol. The van der Waals surface area contributed by atoms with Crippen LogP contribution in [0.2, 0.25) is 0 Å². The molecule has 1 aromatic heterocycles. The van der Waals surface area contributed by atoms with E-state index in [1.165, 1.54) is 0 Å². The van der Waals surface area contributed by atoms with E-state index in [1.54, 1.807) is 60.7 Å². The van der Waals surface area contributed by atoms with Gasteiger partial charge in [-0.15, -0.1) is 0 Å². The van der Waals surface area contributed by atoms with E-state index in [0.717, 1.165) is 5.56 Å². The lowest BCUT2D eigenvalue weighted by Gasteiger charge is -2.12. The fourth-order valence-electron chi connectivity index (χ4n) is 3.09. The SMILES string of the molecule is CC(C)Oc1cccc(C(=O)NC(=S)Nc2ccc3oc(-c4ccc(O)c(Br)c4)nc3c2)c1. The van der Waals surface area contributed by atoms with Crippen molar-refractivity contribution in [3.05, 3.63) is 70.7 Å². The summed E-state index contributed by atoms with van der Waals surface area (Å²) in [5, 5.41) is 15.5. The number of nitrogens with zero attached hydrogens (tertiary/aromatic N) is 1. The number of hydrogen-bond acceptors (Lipinski definition) is 6. The molecule has 0 unspecified atom stereocenters. The fraction of sp³-hybridized carbons (Fsp3) is 0.125. The van der Waals surface area contributed by atoms with Gasteiger partial charge in [0.1, 0.15) is 17.0 Å². The largest absolute Gasteiger partial charge is 0.507 e. The second-order valence-corrected chi connectivity index (χ2v) is 8.73. The van der Waals surface area contributed by atoms with Crippen molar-refractivity contribution in [2.24, 2.45) is 0 Å². The van der Waals surface area contributed by atoms with Gasteiger partial charge in [0, 0.05) is 16.8 Å². The summed E-state index contributed by atoms with van der Waals surface area (Å²) in [6, 6.07) is 17.2. The van der Waals surface area contributed by atoms with Gasteiger partial charge in [-0.3, -0.25) is 10.1 Å². The predicted molar refractivity (Wildman–Crippen MR) is 135 cm³/mol. The molecule has 1 amide bonds. The third-order valence-electron chi connectivity index (χ3n) is 4.54. The number of benzene rings is 3. The van der Waals surface area contributed by atoms with Crippen molar-refractivity contribution < 1.29 is 19.1 Å². The number of carbonyl (C=O) groups is 1. The number of aromatic hydroxyl groups is 1. The molecule has 0 radical (unpaired) electrons. The Balaban J connectivity index is 1.45. The molecule has 0 spiro atoms. The van der Waals surface area contributed by atoms with Crippen LogP contribution in [0.1, 0.15) is 24.2 Å². The van der Waals surface area contributed by atoms with Crippen molar-refractivity contribution in [3.8, 4) is 23.0 Å². The van der Waals surface area contributed by atoms with Gasteiger partial charge in [0.05, 0.1) is 10.6 Å². The van der Waals surface area contributed by atoms with E-state index in [0.29, 0.717) is 38.5 Å². The quantitative estimate of drug-likeness (QED) is 0.280. The van der Waals surface area contributed by atoms with E-state index in [4.69, 9.17) is 21.4 Å². The average Bonchev–Trinajstić information content (AvgIpc) is 3.18. The molecule has 0 aliphatic rings. The number of oxazole rings is 1. The number of rotatable bonds is 5. The van der Waals surface area contributed by atoms with Crippen LogP contribution in [0.25, 0.3) is 22.6 Å². The summed E-state index contributed by atoms with van der Waals surface area (Å²) < 4.78 is 12.0. The van der Waals surface area contributed by atoms with Crippen LogP contribution in [-0.2, 0) is 0 Å². The van der Waals surface area contributed by atoms with Crippen LogP contribution < -0.4 is 15.4 Å². The molecule has 3 N–H and O–H groups in total. The minimum Gasteiger partial charge on any atom is -0.507 e. The lowest BCUT2D eigenvalue weighted by Crippen LogP contribution is -2.34. The molecule has 4 aromatic rings. The van der Waals surface area contributed by atoms with Crippen molar-refractivity contribution >= 4 is 56.0 Å². The van der Waals surface area contributed by atoms with Gasteiger partial charge >= 0.3 is 0 Å². The highest BCUT2D eigenvalue weighted by molar-refractivity contribution is 9.10. The molecule has 7 nitrogen and oxygen atoms in total. The average molecular weight is 526 g/mol. The van der Waals surface area contributed by atoms with E-state index in [9.17, 15) is 9.90 Å². The maximum absolute atomic E-state index is 12.6. The van der Waals surface area contributed by atoms with Crippen molar-refractivity contribution in [2.45, 2.75) is 20.0 Å². The number of hydrogen-bond donors (Lipinski definition) is 3. The molecule has 4 rings (SSSR count). The first-order valence-corrected chi connectivity index (χ1v) is 11.3. The van der Waals surface area contributed by atoms with Crippen LogP contribution in [-0.4, -0.2) is 27.2 Å². The van der Waals surface area contributed by atoms with E-state index in [2.05, 4.69) is 31.5 Å². The van der Waals surface area contributed by atoms with E-state index in [-0.39, 0.29) is 22.9 Å². The Bertz CT molecular complexity index is 1350. The van der Waals surface area contributed by atoms with Gasteiger partial charge in [0.25, 0.3) is 5.91 Å². The Morgan fingerprint density at radius 2 is 1.97 bits per heavy atom. The molecule has 3 aromatic carbocycles. The Morgan fingerprint density at radius 1 is 1.15 bits per heavy atom. The standard InChI is InChI=1S/C24H20BrN3O4S/c1-13(2)31-17-5-3-4-14(10-17)22(30)28-24(33)26-16-7-9-21-19(12-16)27-23(32-21)15-6-8-20(29)18(25)11-15/h3-13,29H,1-2H3,(H2,26,28,30,33). The van der Waals surface area contributed by atoms with Crippen molar-refractivity contribution in [2.75, 3.05) is 5.32 Å². The Morgan fingerprint density at radius 3 is 2.73 bits per heavy atom. The number of phenols is 1. The normalized spacial score (nSPS) is 10.9. The number of phenolic OH excluding ortho intramolecular Hbond substituents is 1. The molecular formula is C24H20BrN3O4S. The lowest BCUT2D eigenvalue weighted by molar-refractivity contribution is 0.0977. The number of thiocarbonyl (C=S) groups is 1. The number of anilines is 1. The molecule has 9 heteroatoms. The van der Waals surface area contributed by atoms with Gasteiger partial charge in [0.15, 0.2) is 10.7 Å². The fourth-order valence-corrected chi connectivity index (χ4v) is 3.68. The summed E-state index contributed by atoms with van der Waals surface area (Å²) in [5.74, 6) is 0.826. The summed E-state index contributed by atoms with van der Waals surface area (Å²) in [5.41, 5.74) is 3.02. The van der Waals surface area contributed by atoms with Crippen LogP contribution in [0, 0.1) is 0 Å². The molecule has 0 fully saturated rings. The number of ether oxygens (including phenoxy) is 1. The first-order chi connectivity index (χ1) is 15.8. The molecule has 1 heterocycles. The number of amides is 1.